The number of fused-ring (bicyclic) bond motifs is 1. The van der Waals surface area contributed by atoms with Crippen LogP contribution >= 0.6 is 11.8 Å². The number of carbonyl (C=O) groups is 2. The summed E-state index contributed by atoms with van der Waals surface area (Å²) in [6, 6.07) is 7.26. The summed E-state index contributed by atoms with van der Waals surface area (Å²) in [4.78, 5) is 30.2. The van der Waals surface area contributed by atoms with Crippen LogP contribution in [0.3, 0.4) is 0 Å². The maximum atomic E-state index is 12.9. The molecule has 2 aliphatic rings. The Kier molecular flexibility index (Phi) is 3.77. The van der Waals surface area contributed by atoms with Crippen LogP contribution in [0.2, 0.25) is 0 Å². The highest BCUT2D eigenvalue weighted by molar-refractivity contribution is 7.99. The summed E-state index contributed by atoms with van der Waals surface area (Å²) in [6.45, 7) is 0.744. The lowest BCUT2D eigenvalue weighted by atomic mass is 10.1. The second-order valence-corrected chi connectivity index (χ2v) is 7.23. The van der Waals surface area contributed by atoms with Crippen LogP contribution in [0.4, 0.5) is 0 Å². The maximum Gasteiger partial charge on any atom is 0.257 e. The van der Waals surface area contributed by atoms with Crippen molar-refractivity contribution in [3.63, 3.8) is 0 Å². The Bertz CT molecular complexity index is 753. The van der Waals surface area contributed by atoms with E-state index in [0.29, 0.717) is 23.1 Å². The summed E-state index contributed by atoms with van der Waals surface area (Å²) >= 11 is 1.63. The zero-order chi connectivity index (χ0) is 15.8. The van der Waals surface area contributed by atoms with E-state index in [1.54, 1.807) is 16.7 Å². The smallest absolute Gasteiger partial charge is 0.257 e. The van der Waals surface area contributed by atoms with Gasteiger partial charge in [-0.3, -0.25) is 9.59 Å². The monoisotopic (exact) mass is 329 g/mol. The Labute approximate surface area is 138 Å². The van der Waals surface area contributed by atoms with E-state index in [-0.39, 0.29) is 17.9 Å². The molecule has 1 atom stereocenters. The normalized spacial score (nSPS) is 20.9. The molecule has 5 nitrogen and oxygen atoms in total. The molecule has 1 saturated heterocycles. The number of amides is 2. The summed E-state index contributed by atoms with van der Waals surface area (Å²) in [5, 5.41) is 4.01. The fourth-order valence-electron chi connectivity index (χ4n) is 2.96. The number of rotatable bonds is 4. The van der Waals surface area contributed by atoms with Gasteiger partial charge in [0.05, 0.1) is 17.0 Å². The molecule has 4 rings (SSSR count). The molecule has 0 spiro atoms. The lowest BCUT2D eigenvalue weighted by Crippen LogP contribution is -2.47. The molecule has 0 radical (unpaired) electrons. The van der Waals surface area contributed by atoms with Crippen molar-refractivity contribution in [3.05, 3.63) is 36.0 Å². The van der Waals surface area contributed by atoms with Crippen LogP contribution in [-0.2, 0) is 4.79 Å². The van der Waals surface area contributed by atoms with E-state index in [2.05, 4.69) is 10.3 Å². The first-order valence-corrected chi connectivity index (χ1v) is 9.12. The molecule has 120 valence electrons. The molecular weight excluding hydrogens is 310 g/mol. The van der Waals surface area contributed by atoms with Gasteiger partial charge in [0.25, 0.3) is 5.91 Å². The number of aromatic nitrogens is 1. The predicted octanol–water partition coefficient (Wildman–Crippen LogP) is 2.21. The summed E-state index contributed by atoms with van der Waals surface area (Å²) in [5.74, 6) is 1.79. The number of carbonyl (C=O) groups excluding carboxylic acids is 2. The minimum atomic E-state index is -0.364. The number of nitrogens with zero attached hydrogens (tertiary/aromatic N) is 1. The van der Waals surface area contributed by atoms with E-state index in [1.165, 1.54) is 12.8 Å². The summed E-state index contributed by atoms with van der Waals surface area (Å²) in [6.07, 6.45) is 4.24. The van der Waals surface area contributed by atoms with Gasteiger partial charge in [0.2, 0.25) is 5.91 Å². The number of H-pyrrole nitrogens is 1. The molecule has 0 bridgehead atoms. The third-order valence-electron chi connectivity index (χ3n) is 4.53. The van der Waals surface area contributed by atoms with Crippen LogP contribution in [0.5, 0.6) is 0 Å². The van der Waals surface area contributed by atoms with Gasteiger partial charge in [0.1, 0.15) is 6.04 Å². The molecule has 2 aromatic rings. The molecule has 1 aliphatic heterocycles. The summed E-state index contributed by atoms with van der Waals surface area (Å²) < 4.78 is 0. The molecule has 2 N–H and O–H groups in total. The van der Waals surface area contributed by atoms with E-state index < -0.39 is 0 Å². The minimum absolute atomic E-state index is 0.0195. The molecule has 1 saturated carbocycles. The summed E-state index contributed by atoms with van der Waals surface area (Å²) in [7, 11) is 0. The standard InChI is InChI=1S/C17H19N3O2S/c21-16(19-8-11-4-5-11)14-9-23-10-20(14)17(22)13-3-1-2-12-6-7-18-15(12)13/h1-3,6-7,11,14,18H,4-5,8-10H2,(H,19,21). The fourth-order valence-corrected chi connectivity index (χ4v) is 4.12. The van der Waals surface area contributed by atoms with Crippen molar-refractivity contribution in [1.82, 2.24) is 15.2 Å². The molecule has 1 unspecified atom stereocenters. The topological polar surface area (TPSA) is 65.2 Å². The first kappa shape index (κ1) is 14.6. The van der Waals surface area contributed by atoms with E-state index in [1.807, 2.05) is 30.5 Å². The number of aromatic amines is 1. The van der Waals surface area contributed by atoms with Crippen molar-refractivity contribution in [3.8, 4) is 0 Å². The number of para-hydroxylation sites is 1. The van der Waals surface area contributed by atoms with Gasteiger partial charge in [-0.1, -0.05) is 12.1 Å². The molecule has 1 aliphatic carbocycles. The van der Waals surface area contributed by atoms with Gasteiger partial charge in [-0.2, -0.15) is 0 Å². The van der Waals surface area contributed by atoms with E-state index in [0.717, 1.165) is 17.4 Å². The second kappa shape index (κ2) is 5.92. The fraction of sp³-hybridized carbons (Fsp3) is 0.412. The number of hydrogen-bond donors (Lipinski definition) is 2. The Balaban J connectivity index is 1.54. The molecule has 23 heavy (non-hydrogen) atoms. The highest BCUT2D eigenvalue weighted by Crippen LogP contribution is 2.29. The van der Waals surface area contributed by atoms with Crippen molar-refractivity contribution in [2.24, 2.45) is 5.92 Å². The molecule has 2 fully saturated rings. The average Bonchev–Trinajstić information content (AvgIpc) is 3.07. The summed E-state index contributed by atoms with van der Waals surface area (Å²) in [5.41, 5.74) is 1.47. The highest BCUT2D eigenvalue weighted by atomic mass is 32.2. The average molecular weight is 329 g/mol. The van der Waals surface area contributed by atoms with Gasteiger partial charge in [0, 0.05) is 23.9 Å². The lowest BCUT2D eigenvalue weighted by Gasteiger charge is -2.23. The zero-order valence-corrected chi connectivity index (χ0v) is 13.6. The van der Waals surface area contributed by atoms with Crippen LogP contribution < -0.4 is 5.32 Å². The third kappa shape index (κ3) is 2.83. The van der Waals surface area contributed by atoms with Crippen molar-refractivity contribution in [2.75, 3.05) is 18.2 Å². The third-order valence-corrected chi connectivity index (χ3v) is 5.54. The Morgan fingerprint density at radius 3 is 3.00 bits per heavy atom. The van der Waals surface area contributed by atoms with Gasteiger partial charge in [-0.25, -0.2) is 0 Å². The number of thioether (sulfide) groups is 1. The van der Waals surface area contributed by atoms with Crippen LogP contribution in [-0.4, -0.2) is 45.9 Å². The number of nitrogens with one attached hydrogen (secondary N) is 2. The van der Waals surface area contributed by atoms with Gasteiger partial charge < -0.3 is 15.2 Å². The van der Waals surface area contributed by atoms with Gasteiger partial charge in [0.15, 0.2) is 0 Å². The van der Waals surface area contributed by atoms with Crippen molar-refractivity contribution >= 4 is 34.5 Å². The van der Waals surface area contributed by atoms with Crippen molar-refractivity contribution in [2.45, 2.75) is 18.9 Å². The van der Waals surface area contributed by atoms with Crippen LogP contribution in [0, 0.1) is 5.92 Å². The van der Waals surface area contributed by atoms with E-state index in [4.69, 9.17) is 0 Å². The van der Waals surface area contributed by atoms with Gasteiger partial charge in [-0.15, -0.1) is 11.8 Å². The number of hydrogen-bond acceptors (Lipinski definition) is 3. The largest absolute Gasteiger partial charge is 0.361 e. The van der Waals surface area contributed by atoms with Gasteiger partial charge >= 0.3 is 0 Å². The first-order chi connectivity index (χ1) is 11.2. The Morgan fingerprint density at radius 1 is 1.30 bits per heavy atom. The van der Waals surface area contributed by atoms with E-state index in [9.17, 15) is 9.59 Å². The van der Waals surface area contributed by atoms with Crippen LogP contribution in [0.15, 0.2) is 30.5 Å². The Morgan fingerprint density at radius 2 is 2.17 bits per heavy atom. The molecule has 2 heterocycles. The second-order valence-electron chi connectivity index (χ2n) is 6.23. The highest BCUT2D eigenvalue weighted by Gasteiger charge is 2.36. The molecule has 2 amide bonds. The van der Waals surface area contributed by atoms with Crippen LogP contribution in [0.25, 0.3) is 10.9 Å². The predicted molar refractivity (Wildman–Crippen MR) is 91.3 cm³/mol. The SMILES string of the molecule is O=C(NCC1CC1)C1CSCN1C(=O)c1cccc2cc[nH]c12. The first-order valence-electron chi connectivity index (χ1n) is 7.96. The maximum absolute atomic E-state index is 12.9. The molecule has 1 aromatic carbocycles. The van der Waals surface area contributed by atoms with Crippen LogP contribution in [0.1, 0.15) is 23.2 Å². The van der Waals surface area contributed by atoms with Crippen molar-refractivity contribution in [1.29, 1.82) is 0 Å². The molecule has 6 heteroatoms. The zero-order valence-electron chi connectivity index (χ0n) is 12.7. The lowest BCUT2D eigenvalue weighted by molar-refractivity contribution is -0.124. The quantitative estimate of drug-likeness (QED) is 0.904. The minimum Gasteiger partial charge on any atom is -0.361 e. The number of benzene rings is 1. The molecular formula is C17H19N3O2S. The Hall–Kier alpha value is -1.95. The van der Waals surface area contributed by atoms with Crippen molar-refractivity contribution < 1.29 is 9.59 Å². The van der Waals surface area contributed by atoms with E-state index >= 15 is 0 Å². The molecule has 1 aromatic heterocycles. The van der Waals surface area contributed by atoms with Gasteiger partial charge in [-0.05, 0) is 30.9 Å².